The number of likely N-dealkylation sites (tertiary alicyclic amines) is 1. The van der Waals surface area contributed by atoms with Crippen molar-refractivity contribution in [1.29, 1.82) is 0 Å². The highest BCUT2D eigenvalue weighted by molar-refractivity contribution is 6.31. The molecule has 31 heavy (non-hydrogen) atoms. The van der Waals surface area contributed by atoms with Crippen molar-refractivity contribution in [1.82, 2.24) is 9.47 Å². The molecule has 1 saturated heterocycles. The highest BCUT2D eigenvalue weighted by Crippen LogP contribution is 2.46. The molecular formula is C25H29ClN2O3. The van der Waals surface area contributed by atoms with E-state index in [1.807, 2.05) is 44.4 Å². The van der Waals surface area contributed by atoms with Crippen LogP contribution in [0.15, 0.2) is 42.6 Å². The van der Waals surface area contributed by atoms with E-state index < -0.39 is 12.2 Å². The first kappa shape index (κ1) is 20.8. The van der Waals surface area contributed by atoms with E-state index in [0.717, 1.165) is 59.3 Å². The summed E-state index contributed by atoms with van der Waals surface area (Å²) in [6.07, 6.45) is 3.17. The van der Waals surface area contributed by atoms with E-state index in [2.05, 4.69) is 21.6 Å². The summed E-state index contributed by atoms with van der Waals surface area (Å²) in [6, 6.07) is 12.0. The summed E-state index contributed by atoms with van der Waals surface area (Å²) in [7, 11) is 2.02. The molecule has 0 aliphatic carbocycles. The Morgan fingerprint density at radius 1 is 1.23 bits per heavy atom. The third-order valence-electron chi connectivity index (χ3n) is 7.03. The van der Waals surface area contributed by atoms with Crippen LogP contribution < -0.4 is 4.74 Å². The number of aliphatic hydroxyl groups excluding tert-OH is 2. The molecule has 0 radical (unpaired) electrons. The maximum absolute atomic E-state index is 11.0. The van der Waals surface area contributed by atoms with Gasteiger partial charge in [-0.3, -0.25) is 0 Å². The first-order chi connectivity index (χ1) is 14.8. The van der Waals surface area contributed by atoms with Gasteiger partial charge in [0.15, 0.2) is 0 Å². The molecule has 2 atom stereocenters. The van der Waals surface area contributed by atoms with Gasteiger partial charge in [-0.1, -0.05) is 29.8 Å². The van der Waals surface area contributed by atoms with Crippen LogP contribution in [0.2, 0.25) is 5.02 Å². The number of aromatic nitrogens is 1. The fraction of sp³-hybridized carbons (Fsp3) is 0.440. The van der Waals surface area contributed by atoms with E-state index in [1.165, 1.54) is 0 Å². The summed E-state index contributed by atoms with van der Waals surface area (Å²) in [5.74, 6) is 0.755. The summed E-state index contributed by atoms with van der Waals surface area (Å²) in [4.78, 5) is 2.30. The predicted octanol–water partition coefficient (Wildman–Crippen LogP) is 4.52. The Bertz CT molecular complexity index is 1120. The Morgan fingerprint density at radius 2 is 1.97 bits per heavy atom. The van der Waals surface area contributed by atoms with Crippen molar-refractivity contribution in [3.63, 3.8) is 0 Å². The fourth-order valence-corrected chi connectivity index (χ4v) is 5.36. The molecular weight excluding hydrogens is 412 g/mol. The second-order valence-corrected chi connectivity index (χ2v) is 9.58. The molecule has 2 N–H and O–H groups in total. The zero-order valence-corrected chi connectivity index (χ0v) is 18.8. The molecule has 3 heterocycles. The van der Waals surface area contributed by atoms with Gasteiger partial charge in [-0.2, -0.15) is 0 Å². The van der Waals surface area contributed by atoms with Gasteiger partial charge in [-0.05, 0) is 43.5 Å². The van der Waals surface area contributed by atoms with Gasteiger partial charge in [0.1, 0.15) is 11.4 Å². The fourth-order valence-electron chi connectivity index (χ4n) is 5.19. The minimum absolute atomic E-state index is 0.354. The van der Waals surface area contributed by atoms with Crippen molar-refractivity contribution >= 4 is 22.5 Å². The molecule has 0 saturated carbocycles. The van der Waals surface area contributed by atoms with Gasteiger partial charge in [0.2, 0.25) is 0 Å². The largest absolute Gasteiger partial charge is 0.487 e. The topological polar surface area (TPSA) is 57.9 Å². The molecule has 1 fully saturated rings. The maximum Gasteiger partial charge on any atom is 0.126 e. The van der Waals surface area contributed by atoms with E-state index in [1.54, 1.807) is 0 Å². The summed E-state index contributed by atoms with van der Waals surface area (Å²) < 4.78 is 8.53. The van der Waals surface area contributed by atoms with Crippen LogP contribution in [-0.4, -0.2) is 44.9 Å². The van der Waals surface area contributed by atoms with Gasteiger partial charge >= 0.3 is 0 Å². The molecule has 2 aliphatic heterocycles. The number of piperidine rings is 1. The Morgan fingerprint density at radius 3 is 2.74 bits per heavy atom. The van der Waals surface area contributed by atoms with Crippen molar-refractivity contribution in [3.05, 3.63) is 64.3 Å². The molecule has 1 aromatic heterocycles. The lowest BCUT2D eigenvalue weighted by Gasteiger charge is -2.46. The number of rotatable bonds is 3. The number of para-hydroxylation sites is 1. The zero-order valence-electron chi connectivity index (χ0n) is 18.0. The van der Waals surface area contributed by atoms with Crippen LogP contribution in [0.25, 0.3) is 10.9 Å². The Balaban J connectivity index is 1.28. The van der Waals surface area contributed by atoms with Gasteiger partial charge in [-0.25, -0.2) is 0 Å². The number of hydrogen-bond donors (Lipinski definition) is 2. The van der Waals surface area contributed by atoms with Crippen LogP contribution in [-0.2, 0) is 7.05 Å². The van der Waals surface area contributed by atoms with Gasteiger partial charge in [0.05, 0.1) is 12.2 Å². The average Bonchev–Trinajstić information content (AvgIpc) is 3.09. The molecule has 2 aliphatic rings. The smallest absolute Gasteiger partial charge is 0.126 e. The maximum atomic E-state index is 11.0. The average molecular weight is 441 g/mol. The summed E-state index contributed by atoms with van der Waals surface area (Å²) >= 11 is 6.25. The molecule has 0 bridgehead atoms. The highest BCUT2D eigenvalue weighted by Gasteiger charge is 2.43. The minimum atomic E-state index is -0.560. The number of hydrogen-bond acceptors (Lipinski definition) is 4. The summed E-state index contributed by atoms with van der Waals surface area (Å²) in [5, 5.41) is 23.5. The second-order valence-electron chi connectivity index (χ2n) is 9.17. The molecule has 2 unspecified atom stereocenters. The number of β-amino-alcohol motifs (C(OH)–C–C–N with tert-alkyl or cyclic N) is 1. The van der Waals surface area contributed by atoms with E-state index >= 15 is 0 Å². The molecule has 2 aromatic carbocycles. The summed E-state index contributed by atoms with van der Waals surface area (Å²) in [6.45, 7) is 4.21. The van der Waals surface area contributed by atoms with E-state index in [9.17, 15) is 10.2 Å². The molecule has 0 amide bonds. The first-order valence-corrected chi connectivity index (χ1v) is 11.3. The van der Waals surface area contributed by atoms with E-state index in [4.69, 9.17) is 16.3 Å². The van der Waals surface area contributed by atoms with Gasteiger partial charge in [-0.15, -0.1) is 0 Å². The Hall–Kier alpha value is -2.05. The number of benzene rings is 2. The number of aliphatic hydroxyl groups is 2. The lowest BCUT2D eigenvalue weighted by atomic mass is 9.81. The van der Waals surface area contributed by atoms with Crippen molar-refractivity contribution < 1.29 is 14.9 Å². The number of aryl methyl sites for hydroxylation is 2. The van der Waals surface area contributed by atoms with Crippen LogP contribution in [0.4, 0.5) is 0 Å². The Kier molecular flexibility index (Phi) is 5.25. The number of nitrogens with zero attached hydrogens (tertiary/aromatic N) is 2. The Labute approximate surface area is 187 Å². The van der Waals surface area contributed by atoms with Gasteiger partial charge in [0, 0.05) is 66.4 Å². The van der Waals surface area contributed by atoms with E-state index in [0.29, 0.717) is 18.0 Å². The lowest BCUT2D eigenvalue weighted by Crippen LogP contribution is -2.51. The highest BCUT2D eigenvalue weighted by atomic mass is 35.5. The number of halogens is 1. The number of fused-ring (bicyclic) bond motifs is 2. The van der Waals surface area contributed by atoms with Crippen LogP contribution in [0.3, 0.4) is 0 Å². The molecule has 6 heteroatoms. The van der Waals surface area contributed by atoms with Crippen LogP contribution in [0.1, 0.15) is 48.2 Å². The lowest BCUT2D eigenvalue weighted by molar-refractivity contribution is -0.0587. The second kappa shape index (κ2) is 7.82. The predicted molar refractivity (Wildman–Crippen MR) is 123 cm³/mol. The van der Waals surface area contributed by atoms with Crippen molar-refractivity contribution in [2.24, 2.45) is 7.05 Å². The quantitative estimate of drug-likeness (QED) is 0.628. The molecule has 164 valence electrons. The van der Waals surface area contributed by atoms with Crippen LogP contribution >= 0.6 is 11.6 Å². The normalized spacial score (nSPS) is 21.8. The van der Waals surface area contributed by atoms with Gasteiger partial charge < -0.3 is 24.4 Å². The standard InChI is InChI=1S/C25H29ClN2O3/c1-16-11-24-18(12-20(16)26)22(29)13-25(31-24)7-9-28(10-8-25)15-23(30)19-14-27(2)21-6-4-3-5-17(19)21/h3-6,11-12,14,22-23,29-30H,7-10,13,15H2,1-2H3. The van der Waals surface area contributed by atoms with Crippen molar-refractivity contribution in [2.45, 2.75) is 44.0 Å². The summed E-state index contributed by atoms with van der Waals surface area (Å²) in [5.41, 5.74) is 3.50. The third-order valence-corrected chi connectivity index (χ3v) is 7.43. The van der Waals surface area contributed by atoms with Crippen LogP contribution in [0, 0.1) is 6.92 Å². The number of ether oxygens (including phenoxy) is 1. The molecule has 5 nitrogen and oxygen atoms in total. The first-order valence-electron chi connectivity index (χ1n) is 11.0. The molecule has 5 rings (SSSR count). The zero-order chi connectivity index (χ0) is 21.8. The van der Waals surface area contributed by atoms with Gasteiger partial charge in [0.25, 0.3) is 0 Å². The monoisotopic (exact) mass is 440 g/mol. The third kappa shape index (κ3) is 3.74. The molecule has 1 spiro atoms. The van der Waals surface area contributed by atoms with Crippen molar-refractivity contribution in [2.75, 3.05) is 19.6 Å². The SMILES string of the molecule is Cc1cc2c(cc1Cl)C(O)CC1(CCN(CC(O)c3cn(C)c4ccccc34)CC1)O2. The van der Waals surface area contributed by atoms with E-state index in [-0.39, 0.29) is 5.60 Å². The van der Waals surface area contributed by atoms with Crippen molar-refractivity contribution in [3.8, 4) is 5.75 Å². The van der Waals surface area contributed by atoms with Crippen LogP contribution in [0.5, 0.6) is 5.75 Å². The minimum Gasteiger partial charge on any atom is -0.487 e. The molecule has 3 aromatic rings.